The number of ether oxygens (including phenoxy) is 1. The lowest BCUT2D eigenvalue weighted by atomic mass is 9.85. The van der Waals surface area contributed by atoms with E-state index < -0.39 is 8.80 Å². The summed E-state index contributed by atoms with van der Waals surface area (Å²) in [4.78, 5) is 0. The van der Waals surface area contributed by atoms with E-state index in [-0.39, 0.29) is 6.10 Å². The molecule has 0 spiro atoms. The maximum Gasteiger partial charge on any atom is 0.497 e. The van der Waals surface area contributed by atoms with Crippen LogP contribution in [-0.4, -0.2) is 40.3 Å². The Balaban J connectivity index is 1.68. The molecule has 0 amide bonds. The molecule has 2 fully saturated rings. The molecule has 0 N–H and O–H groups in total. The predicted octanol–water partition coefficient (Wildman–Crippen LogP) is 3.38. The molecule has 1 heterocycles. The van der Waals surface area contributed by atoms with Crippen molar-refractivity contribution < 1.29 is 18.0 Å². The minimum atomic E-state index is -2.43. The van der Waals surface area contributed by atoms with Crippen LogP contribution in [0.3, 0.4) is 0 Å². The van der Waals surface area contributed by atoms with Crippen molar-refractivity contribution in [2.45, 2.75) is 77.7 Å². The van der Waals surface area contributed by atoms with Crippen molar-refractivity contribution in [2.75, 3.05) is 13.2 Å². The van der Waals surface area contributed by atoms with Gasteiger partial charge in [0.15, 0.2) is 0 Å². The Bertz CT molecular complexity index is 294. The Morgan fingerprint density at radius 1 is 1.15 bits per heavy atom. The van der Waals surface area contributed by atoms with Crippen LogP contribution >= 0.6 is 0 Å². The number of epoxide rings is 1. The van der Waals surface area contributed by atoms with Crippen molar-refractivity contribution in [3.63, 3.8) is 0 Å². The van der Waals surface area contributed by atoms with Crippen LogP contribution < -0.4 is 0 Å². The highest BCUT2D eigenvalue weighted by Crippen LogP contribution is 2.41. The average Bonchev–Trinajstić information content (AvgIpc) is 3.15. The molecule has 1 aliphatic carbocycles. The quantitative estimate of drug-likeness (QED) is 0.483. The summed E-state index contributed by atoms with van der Waals surface area (Å²) in [6, 6.07) is 0. The molecular formula is C15H30O4Si. The van der Waals surface area contributed by atoms with Crippen molar-refractivity contribution >= 4 is 8.80 Å². The highest BCUT2D eigenvalue weighted by molar-refractivity contribution is 6.59. The molecule has 118 valence electrons. The van der Waals surface area contributed by atoms with Gasteiger partial charge in [-0.05, 0) is 58.8 Å². The molecule has 1 aliphatic heterocycles. The number of fused-ring (bicyclic) bond motifs is 1. The molecule has 4 atom stereocenters. The zero-order chi connectivity index (χ0) is 14.6. The Hall–Kier alpha value is 0.0569. The van der Waals surface area contributed by atoms with Gasteiger partial charge in [0.2, 0.25) is 0 Å². The van der Waals surface area contributed by atoms with Gasteiger partial charge in [0.1, 0.15) is 0 Å². The lowest BCUT2D eigenvalue weighted by Gasteiger charge is -2.29. The molecule has 0 aromatic heterocycles. The van der Waals surface area contributed by atoms with E-state index in [0.717, 1.165) is 12.3 Å². The summed E-state index contributed by atoms with van der Waals surface area (Å²) in [5.41, 5.74) is 0. The predicted molar refractivity (Wildman–Crippen MR) is 80.7 cm³/mol. The summed E-state index contributed by atoms with van der Waals surface area (Å²) in [6.07, 6.45) is 7.55. The molecule has 1 saturated heterocycles. The van der Waals surface area contributed by atoms with E-state index in [0.29, 0.717) is 25.4 Å². The van der Waals surface area contributed by atoms with E-state index in [1.165, 1.54) is 25.7 Å². The van der Waals surface area contributed by atoms with Crippen LogP contribution in [0.2, 0.25) is 6.55 Å². The fourth-order valence-electron chi connectivity index (χ4n) is 3.28. The third-order valence-corrected chi connectivity index (χ3v) is 6.78. The monoisotopic (exact) mass is 302 g/mol. The lowest BCUT2D eigenvalue weighted by Crippen LogP contribution is -2.45. The number of hydrogen-bond donors (Lipinski definition) is 0. The molecule has 1 saturated carbocycles. The second kappa shape index (κ2) is 7.36. The lowest BCUT2D eigenvalue weighted by molar-refractivity contribution is 0.0388. The summed E-state index contributed by atoms with van der Waals surface area (Å²) in [5.74, 6) is 0.817. The first-order valence-electron chi connectivity index (χ1n) is 8.17. The zero-order valence-electron chi connectivity index (χ0n) is 13.4. The molecular weight excluding hydrogens is 272 g/mol. The van der Waals surface area contributed by atoms with E-state index in [1.54, 1.807) is 0 Å². The molecule has 0 aromatic carbocycles. The SMILES string of the molecule is CCO[Si](C)(OCC)OC(C)CCC1CCC2OC2C1. The van der Waals surface area contributed by atoms with Crippen LogP contribution in [0.15, 0.2) is 0 Å². The van der Waals surface area contributed by atoms with Gasteiger partial charge in [-0.2, -0.15) is 0 Å². The molecule has 20 heavy (non-hydrogen) atoms. The maximum atomic E-state index is 6.11. The highest BCUT2D eigenvalue weighted by Gasteiger charge is 2.43. The minimum Gasteiger partial charge on any atom is -0.374 e. The smallest absolute Gasteiger partial charge is 0.374 e. The van der Waals surface area contributed by atoms with Crippen molar-refractivity contribution in [3.05, 3.63) is 0 Å². The van der Waals surface area contributed by atoms with Gasteiger partial charge in [0.05, 0.1) is 12.2 Å². The first-order chi connectivity index (χ1) is 9.56. The third kappa shape index (κ3) is 4.81. The van der Waals surface area contributed by atoms with Crippen LogP contribution in [0, 0.1) is 5.92 Å². The molecule has 2 rings (SSSR count). The normalized spacial score (nSPS) is 30.9. The largest absolute Gasteiger partial charge is 0.497 e. The number of hydrogen-bond acceptors (Lipinski definition) is 4. The van der Waals surface area contributed by atoms with Crippen LogP contribution in [0.1, 0.15) is 52.9 Å². The van der Waals surface area contributed by atoms with Gasteiger partial charge in [-0.3, -0.25) is 0 Å². The Morgan fingerprint density at radius 3 is 2.45 bits per heavy atom. The van der Waals surface area contributed by atoms with Crippen LogP contribution in [0.25, 0.3) is 0 Å². The molecule has 4 nitrogen and oxygen atoms in total. The van der Waals surface area contributed by atoms with E-state index in [9.17, 15) is 0 Å². The van der Waals surface area contributed by atoms with Crippen LogP contribution in [-0.2, 0) is 18.0 Å². The van der Waals surface area contributed by atoms with Gasteiger partial charge in [0, 0.05) is 25.9 Å². The van der Waals surface area contributed by atoms with Crippen molar-refractivity contribution in [3.8, 4) is 0 Å². The second-order valence-corrected chi connectivity index (χ2v) is 8.66. The van der Waals surface area contributed by atoms with Gasteiger partial charge >= 0.3 is 8.80 Å². The topological polar surface area (TPSA) is 40.2 Å². The van der Waals surface area contributed by atoms with Gasteiger partial charge in [-0.1, -0.05) is 0 Å². The summed E-state index contributed by atoms with van der Waals surface area (Å²) in [7, 11) is -2.43. The van der Waals surface area contributed by atoms with Crippen molar-refractivity contribution in [1.29, 1.82) is 0 Å². The van der Waals surface area contributed by atoms with E-state index in [1.807, 2.05) is 20.4 Å². The van der Waals surface area contributed by atoms with Gasteiger partial charge in [-0.15, -0.1) is 0 Å². The van der Waals surface area contributed by atoms with Crippen LogP contribution in [0.5, 0.6) is 0 Å². The average molecular weight is 302 g/mol. The molecule has 0 radical (unpaired) electrons. The second-order valence-electron chi connectivity index (χ2n) is 6.13. The Kier molecular flexibility index (Phi) is 6.04. The molecule has 2 aliphatic rings. The summed E-state index contributed by atoms with van der Waals surface area (Å²) >= 11 is 0. The van der Waals surface area contributed by atoms with Gasteiger partial charge in [-0.25, -0.2) is 0 Å². The first-order valence-corrected chi connectivity index (χ1v) is 10.4. The van der Waals surface area contributed by atoms with E-state index >= 15 is 0 Å². The fraction of sp³-hybridized carbons (Fsp3) is 1.00. The first kappa shape index (κ1) is 16.4. The van der Waals surface area contributed by atoms with Crippen molar-refractivity contribution in [2.24, 2.45) is 5.92 Å². The molecule has 0 aromatic rings. The molecule has 5 heteroatoms. The summed E-state index contributed by atoms with van der Waals surface area (Å²) in [5, 5.41) is 0. The van der Waals surface area contributed by atoms with Crippen LogP contribution in [0.4, 0.5) is 0 Å². The molecule has 4 unspecified atom stereocenters. The van der Waals surface area contributed by atoms with Gasteiger partial charge in [0.25, 0.3) is 0 Å². The fourth-order valence-corrected chi connectivity index (χ4v) is 5.39. The van der Waals surface area contributed by atoms with Gasteiger partial charge < -0.3 is 18.0 Å². The van der Waals surface area contributed by atoms with E-state index in [2.05, 4.69) is 6.92 Å². The summed E-state index contributed by atoms with van der Waals surface area (Å²) < 4.78 is 23.2. The van der Waals surface area contributed by atoms with E-state index in [4.69, 9.17) is 18.0 Å². The summed E-state index contributed by atoms with van der Waals surface area (Å²) in [6.45, 7) is 9.43. The number of rotatable bonds is 9. The maximum absolute atomic E-state index is 6.11. The Morgan fingerprint density at radius 2 is 1.85 bits per heavy atom. The third-order valence-electron chi connectivity index (χ3n) is 4.32. The standard InChI is InChI=1S/C15H30O4Si/c1-5-16-20(4,17-6-2)19-12(3)7-8-13-9-10-14-15(11-13)18-14/h12-15H,5-11H2,1-4H3. The molecule has 0 bridgehead atoms. The zero-order valence-corrected chi connectivity index (χ0v) is 14.4. The minimum absolute atomic E-state index is 0.211. The highest BCUT2D eigenvalue weighted by atomic mass is 28.4. The van der Waals surface area contributed by atoms with Crippen molar-refractivity contribution in [1.82, 2.24) is 0 Å². The Labute approximate surface area is 124 Å².